The molecule has 0 bridgehead atoms. The number of anilines is 2. The second-order valence-corrected chi connectivity index (χ2v) is 7.70. The maximum atomic E-state index is 13.7. The van der Waals surface area contributed by atoms with E-state index in [1.165, 1.54) is 0 Å². The molecule has 0 atom stereocenters. The summed E-state index contributed by atoms with van der Waals surface area (Å²) in [4.78, 5) is 24.6. The molecule has 3 aromatic carbocycles. The van der Waals surface area contributed by atoms with Gasteiger partial charge < -0.3 is 10.6 Å². The van der Waals surface area contributed by atoms with Crippen molar-refractivity contribution in [2.75, 3.05) is 10.6 Å². The summed E-state index contributed by atoms with van der Waals surface area (Å²) in [5.74, 6) is -1.17. The van der Waals surface area contributed by atoms with Crippen LogP contribution >= 0.6 is 0 Å². The lowest BCUT2D eigenvalue weighted by Gasteiger charge is -2.10. The molecule has 4 nitrogen and oxygen atoms in total. The minimum absolute atomic E-state index is 0.109. The number of nitrogens with one attached hydrogen (secondary N) is 2. The minimum Gasteiger partial charge on any atom is -0.308 e. The number of carbonyl (C=O) groups is 2. The maximum absolute atomic E-state index is 13.7. The summed E-state index contributed by atoms with van der Waals surface area (Å²) in [6.07, 6.45) is 4.23. The first-order valence-electron chi connectivity index (χ1n) is 10.3. The molecule has 0 saturated heterocycles. The van der Waals surface area contributed by atoms with Gasteiger partial charge in [-0.25, -0.2) is 13.6 Å². The third kappa shape index (κ3) is 4.97. The van der Waals surface area contributed by atoms with Crippen LogP contribution in [0.5, 0.6) is 0 Å². The van der Waals surface area contributed by atoms with E-state index in [1.54, 1.807) is 12.1 Å². The molecule has 31 heavy (non-hydrogen) atoms. The quantitative estimate of drug-likeness (QED) is 0.454. The Morgan fingerprint density at radius 2 is 1.39 bits per heavy atom. The molecule has 1 fully saturated rings. The monoisotopic (exact) mass is 420 g/mol. The fourth-order valence-corrected chi connectivity index (χ4v) is 3.87. The van der Waals surface area contributed by atoms with Crippen molar-refractivity contribution >= 4 is 23.2 Å². The molecule has 1 aliphatic carbocycles. The summed E-state index contributed by atoms with van der Waals surface area (Å²) in [5, 5.41) is 4.96. The Morgan fingerprint density at radius 1 is 0.774 bits per heavy atom. The van der Waals surface area contributed by atoms with E-state index >= 15 is 0 Å². The number of halogens is 2. The highest BCUT2D eigenvalue weighted by Gasteiger charge is 2.23. The highest BCUT2D eigenvalue weighted by Crippen LogP contribution is 2.29. The SMILES string of the molecule is O=C(Nc1ccc(-c2ccc(C(=O)C3CCCC3)cc2)cc1)Nc1ccc(F)cc1F. The average molecular weight is 420 g/mol. The molecule has 0 aliphatic heterocycles. The Labute approximate surface area is 179 Å². The zero-order valence-electron chi connectivity index (χ0n) is 16.8. The van der Waals surface area contributed by atoms with Gasteiger partial charge in [0.15, 0.2) is 5.78 Å². The molecule has 1 aliphatic rings. The van der Waals surface area contributed by atoms with E-state index in [-0.39, 0.29) is 17.4 Å². The van der Waals surface area contributed by atoms with E-state index in [9.17, 15) is 18.4 Å². The van der Waals surface area contributed by atoms with Crippen molar-refractivity contribution in [1.29, 1.82) is 0 Å². The molecule has 158 valence electrons. The first-order chi connectivity index (χ1) is 15.0. The number of Topliss-reactive ketones (excluding diaryl/α,β-unsaturated/α-hetero) is 1. The maximum Gasteiger partial charge on any atom is 0.323 e. The fourth-order valence-electron chi connectivity index (χ4n) is 3.87. The molecular weight excluding hydrogens is 398 g/mol. The van der Waals surface area contributed by atoms with Gasteiger partial charge in [0.1, 0.15) is 11.6 Å². The van der Waals surface area contributed by atoms with Crippen molar-refractivity contribution < 1.29 is 18.4 Å². The van der Waals surface area contributed by atoms with Gasteiger partial charge in [-0.15, -0.1) is 0 Å². The number of ketones is 1. The number of carbonyl (C=O) groups excluding carboxylic acids is 2. The normalized spacial score (nSPS) is 13.7. The molecule has 0 aromatic heterocycles. The average Bonchev–Trinajstić information content (AvgIpc) is 3.31. The lowest BCUT2D eigenvalue weighted by atomic mass is 9.94. The first-order valence-corrected chi connectivity index (χ1v) is 10.3. The number of hydrogen-bond donors (Lipinski definition) is 2. The Balaban J connectivity index is 1.38. The highest BCUT2D eigenvalue weighted by atomic mass is 19.1. The van der Waals surface area contributed by atoms with Gasteiger partial charge >= 0.3 is 6.03 Å². The van der Waals surface area contributed by atoms with E-state index in [0.717, 1.165) is 54.5 Å². The third-order valence-corrected chi connectivity index (χ3v) is 5.55. The molecule has 0 heterocycles. The van der Waals surface area contributed by atoms with Gasteiger partial charge in [0.25, 0.3) is 0 Å². The van der Waals surface area contributed by atoms with Crippen molar-refractivity contribution in [2.24, 2.45) is 5.92 Å². The molecule has 4 rings (SSSR count). The molecule has 3 aromatic rings. The van der Waals surface area contributed by atoms with Crippen molar-refractivity contribution in [1.82, 2.24) is 0 Å². The molecule has 2 amide bonds. The van der Waals surface area contributed by atoms with Crippen LogP contribution < -0.4 is 10.6 Å². The fraction of sp³-hybridized carbons (Fsp3) is 0.200. The summed E-state index contributed by atoms with van der Waals surface area (Å²) in [6, 6.07) is 17.0. The van der Waals surface area contributed by atoms with Crippen LogP contribution in [0, 0.1) is 17.6 Å². The van der Waals surface area contributed by atoms with Gasteiger partial charge in [-0.1, -0.05) is 49.2 Å². The van der Waals surface area contributed by atoms with Crippen molar-refractivity contribution in [3.05, 3.63) is 83.9 Å². The van der Waals surface area contributed by atoms with E-state index < -0.39 is 17.7 Å². The Kier molecular flexibility index (Phi) is 6.07. The number of rotatable bonds is 5. The topological polar surface area (TPSA) is 58.2 Å². The van der Waals surface area contributed by atoms with Gasteiger partial charge in [0.2, 0.25) is 0 Å². The van der Waals surface area contributed by atoms with Gasteiger partial charge in [-0.3, -0.25) is 4.79 Å². The predicted octanol–water partition coefficient (Wildman–Crippen LogP) is 6.65. The zero-order chi connectivity index (χ0) is 21.8. The second kappa shape index (κ2) is 9.08. The van der Waals surface area contributed by atoms with Crippen LogP contribution in [0.4, 0.5) is 25.0 Å². The Hall–Kier alpha value is -3.54. The van der Waals surface area contributed by atoms with Crippen molar-refractivity contribution in [3.63, 3.8) is 0 Å². The van der Waals surface area contributed by atoms with E-state index in [0.29, 0.717) is 11.8 Å². The summed E-state index contributed by atoms with van der Waals surface area (Å²) >= 11 is 0. The predicted molar refractivity (Wildman–Crippen MR) is 117 cm³/mol. The summed E-state index contributed by atoms with van der Waals surface area (Å²) in [7, 11) is 0. The van der Waals surface area contributed by atoms with Crippen LogP contribution in [0.25, 0.3) is 11.1 Å². The Bertz CT molecular complexity index is 1090. The third-order valence-electron chi connectivity index (χ3n) is 5.55. The van der Waals surface area contributed by atoms with Gasteiger partial charge in [0.05, 0.1) is 5.69 Å². The molecule has 0 spiro atoms. The standard InChI is InChI=1S/C25H22F2N2O2/c26-20-11-14-23(22(27)15-20)29-25(31)28-21-12-9-17(10-13-21)16-5-7-19(8-6-16)24(30)18-3-1-2-4-18/h5-15,18H,1-4H2,(H2,28,29,31). The van der Waals surface area contributed by atoms with Crippen molar-refractivity contribution in [3.8, 4) is 11.1 Å². The smallest absolute Gasteiger partial charge is 0.308 e. The number of urea groups is 1. The largest absolute Gasteiger partial charge is 0.323 e. The molecule has 0 unspecified atom stereocenters. The number of amides is 2. The van der Waals surface area contributed by atoms with E-state index in [2.05, 4.69) is 10.6 Å². The highest BCUT2D eigenvalue weighted by molar-refractivity contribution is 6.00. The molecule has 0 radical (unpaired) electrons. The van der Waals surface area contributed by atoms with Gasteiger partial charge in [-0.2, -0.15) is 0 Å². The number of hydrogen-bond acceptors (Lipinski definition) is 2. The lowest BCUT2D eigenvalue weighted by Crippen LogP contribution is -2.20. The van der Waals surface area contributed by atoms with Crippen molar-refractivity contribution in [2.45, 2.75) is 25.7 Å². The van der Waals surface area contributed by atoms with Crippen LogP contribution in [0.15, 0.2) is 66.7 Å². The van der Waals surface area contributed by atoms with Gasteiger partial charge in [-0.05, 0) is 48.2 Å². The van der Waals surface area contributed by atoms with E-state index in [4.69, 9.17) is 0 Å². The first kappa shape index (κ1) is 20.7. The summed E-state index contributed by atoms with van der Waals surface area (Å²) in [5.41, 5.74) is 3.07. The summed E-state index contributed by atoms with van der Waals surface area (Å²) < 4.78 is 26.6. The Morgan fingerprint density at radius 3 is 2.00 bits per heavy atom. The minimum atomic E-state index is -0.847. The zero-order valence-corrected chi connectivity index (χ0v) is 16.8. The van der Waals surface area contributed by atoms with Crippen LogP contribution in [0.1, 0.15) is 36.0 Å². The lowest BCUT2D eigenvalue weighted by molar-refractivity contribution is 0.0923. The van der Waals surface area contributed by atoms with Gasteiger partial charge in [0, 0.05) is 23.2 Å². The summed E-state index contributed by atoms with van der Waals surface area (Å²) in [6.45, 7) is 0. The number of benzene rings is 3. The van der Waals surface area contributed by atoms with Crippen LogP contribution in [0.2, 0.25) is 0 Å². The second-order valence-electron chi connectivity index (χ2n) is 7.70. The van der Waals surface area contributed by atoms with Crippen LogP contribution in [-0.2, 0) is 0 Å². The molecule has 1 saturated carbocycles. The molecule has 6 heteroatoms. The van der Waals surface area contributed by atoms with Crippen LogP contribution in [0.3, 0.4) is 0 Å². The molecule has 2 N–H and O–H groups in total. The molecular formula is C25H22F2N2O2. The van der Waals surface area contributed by atoms with Crippen LogP contribution in [-0.4, -0.2) is 11.8 Å². The van der Waals surface area contributed by atoms with E-state index in [1.807, 2.05) is 36.4 Å².